The van der Waals surface area contributed by atoms with Gasteiger partial charge in [0.2, 0.25) is 0 Å². The lowest BCUT2D eigenvalue weighted by molar-refractivity contribution is -0.262. The Kier molecular flexibility index (Phi) is 4.53. The maximum atomic E-state index is 11.7. The van der Waals surface area contributed by atoms with Gasteiger partial charge in [-0.15, -0.1) is 0 Å². The first kappa shape index (κ1) is 14.2. The zero-order chi connectivity index (χ0) is 12.3. The first-order valence-corrected chi connectivity index (χ1v) is 5.31. The van der Waals surface area contributed by atoms with Crippen molar-refractivity contribution in [2.75, 3.05) is 6.61 Å². The molecule has 1 unspecified atom stereocenters. The van der Waals surface area contributed by atoms with Gasteiger partial charge in [0.25, 0.3) is 10.0 Å². The number of hydrogen-bond acceptors (Lipinski definition) is 4. The summed E-state index contributed by atoms with van der Waals surface area (Å²) in [6, 6.07) is 0. The summed E-state index contributed by atoms with van der Waals surface area (Å²) in [6.45, 7) is 2.43. The number of nitrogens with zero attached hydrogens (tertiary/aromatic N) is 1. The van der Waals surface area contributed by atoms with Crippen molar-refractivity contribution >= 4 is 15.9 Å². The second-order valence-electron chi connectivity index (χ2n) is 2.43. The molecule has 0 bridgehead atoms. The molecule has 0 N–H and O–H groups in total. The standard InChI is InChI=1S/C6H10F3NO4S/c1-3-14-4(2)15(12,13)10-5(11)6(7,8)9/h4H,3H2,1-2H3,(H,10,11)/p-1. The maximum Gasteiger partial charge on any atom is 0.420 e. The summed E-state index contributed by atoms with van der Waals surface area (Å²) in [7, 11) is -4.57. The highest BCUT2D eigenvalue weighted by Crippen LogP contribution is 2.16. The Hall–Kier alpha value is -0.830. The summed E-state index contributed by atoms with van der Waals surface area (Å²) in [6.07, 6.45) is -5.29. The Balaban J connectivity index is 4.93. The summed E-state index contributed by atoms with van der Waals surface area (Å²) < 4.78 is 63.6. The quantitative estimate of drug-likeness (QED) is 0.519. The van der Waals surface area contributed by atoms with Gasteiger partial charge in [-0.3, -0.25) is 0 Å². The van der Waals surface area contributed by atoms with E-state index in [9.17, 15) is 26.7 Å². The average Bonchev–Trinajstić information content (AvgIpc) is 2.02. The number of alkyl halides is 3. The molecule has 0 aromatic rings. The third kappa shape index (κ3) is 4.47. The predicted molar refractivity (Wildman–Crippen MR) is 43.5 cm³/mol. The topological polar surface area (TPSA) is 78.8 Å². The minimum Gasteiger partial charge on any atom is -0.855 e. The molecule has 0 spiro atoms. The monoisotopic (exact) mass is 248 g/mol. The van der Waals surface area contributed by atoms with E-state index in [0.29, 0.717) is 0 Å². The van der Waals surface area contributed by atoms with Crippen molar-refractivity contribution in [2.45, 2.75) is 25.5 Å². The number of halogens is 3. The van der Waals surface area contributed by atoms with E-state index >= 15 is 0 Å². The molecule has 0 fully saturated rings. The van der Waals surface area contributed by atoms with Gasteiger partial charge in [-0.2, -0.15) is 17.6 Å². The minimum absolute atomic E-state index is 0.0177. The zero-order valence-corrected chi connectivity index (χ0v) is 8.72. The van der Waals surface area contributed by atoms with Crippen LogP contribution in [0.4, 0.5) is 13.2 Å². The number of hydrogen-bond donors (Lipinski definition) is 0. The first-order chi connectivity index (χ1) is 6.61. The van der Waals surface area contributed by atoms with Crippen LogP contribution in [-0.2, 0) is 14.8 Å². The summed E-state index contributed by atoms with van der Waals surface area (Å²) in [5, 5.41) is 10.3. The van der Waals surface area contributed by atoms with Gasteiger partial charge < -0.3 is 9.84 Å². The molecule has 0 aromatic carbocycles. The Bertz CT molecular complexity index is 335. The van der Waals surface area contributed by atoms with Crippen molar-refractivity contribution in [3.05, 3.63) is 0 Å². The van der Waals surface area contributed by atoms with E-state index in [4.69, 9.17) is 0 Å². The molecule has 0 aliphatic rings. The normalized spacial score (nSPS) is 16.5. The smallest absolute Gasteiger partial charge is 0.420 e. The molecule has 0 saturated heterocycles. The van der Waals surface area contributed by atoms with Crippen LogP contribution in [0.3, 0.4) is 0 Å². The highest BCUT2D eigenvalue weighted by atomic mass is 32.2. The molecule has 15 heavy (non-hydrogen) atoms. The van der Waals surface area contributed by atoms with Gasteiger partial charge in [0, 0.05) is 6.61 Å². The van der Waals surface area contributed by atoms with Crippen molar-refractivity contribution < 1.29 is 31.4 Å². The van der Waals surface area contributed by atoms with Crippen molar-refractivity contribution in [1.82, 2.24) is 0 Å². The second kappa shape index (κ2) is 4.79. The second-order valence-corrected chi connectivity index (χ2v) is 4.31. The number of sulfonamides is 1. The lowest BCUT2D eigenvalue weighted by Crippen LogP contribution is -2.37. The summed E-state index contributed by atoms with van der Waals surface area (Å²) in [4.78, 5) is 0. The third-order valence-electron chi connectivity index (χ3n) is 1.27. The van der Waals surface area contributed by atoms with E-state index in [1.807, 2.05) is 0 Å². The largest absolute Gasteiger partial charge is 0.855 e. The SMILES string of the molecule is CCOC(C)S(=O)(=O)/N=C(\[O-])C(F)(F)F. The van der Waals surface area contributed by atoms with E-state index in [2.05, 4.69) is 9.13 Å². The van der Waals surface area contributed by atoms with Crippen molar-refractivity contribution in [2.24, 2.45) is 4.40 Å². The van der Waals surface area contributed by atoms with Crippen LogP contribution < -0.4 is 5.11 Å². The van der Waals surface area contributed by atoms with E-state index in [-0.39, 0.29) is 6.61 Å². The molecule has 0 rings (SSSR count). The fourth-order valence-corrected chi connectivity index (χ4v) is 1.35. The lowest BCUT2D eigenvalue weighted by atomic mass is 10.7. The number of ether oxygens (including phenoxy) is 1. The van der Waals surface area contributed by atoms with Gasteiger partial charge in [0.05, 0.1) is 5.90 Å². The zero-order valence-electron chi connectivity index (χ0n) is 7.91. The molecule has 0 amide bonds. The molecule has 0 radical (unpaired) electrons. The Labute approximate surface area is 84.6 Å². The van der Waals surface area contributed by atoms with Gasteiger partial charge in [-0.25, -0.2) is 8.42 Å². The fourth-order valence-electron chi connectivity index (χ4n) is 0.562. The van der Waals surface area contributed by atoms with E-state index in [0.717, 1.165) is 6.92 Å². The highest BCUT2D eigenvalue weighted by molar-refractivity contribution is 7.90. The summed E-state index contributed by atoms with van der Waals surface area (Å²) >= 11 is 0. The molecule has 1 atom stereocenters. The Morgan fingerprint density at radius 2 is 2.00 bits per heavy atom. The molecule has 90 valence electrons. The first-order valence-electron chi connectivity index (χ1n) is 3.81. The molecular weight excluding hydrogens is 239 g/mol. The van der Waals surface area contributed by atoms with Crippen LogP contribution in [0, 0.1) is 0 Å². The molecule has 0 aliphatic heterocycles. The molecule has 9 heteroatoms. The predicted octanol–water partition coefficient (Wildman–Crippen LogP) is 0.0198. The maximum absolute atomic E-state index is 11.7. The van der Waals surface area contributed by atoms with E-state index in [1.165, 1.54) is 6.92 Å². The van der Waals surface area contributed by atoms with Crippen LogP contribution in [0.2, 0.25) is 0 Å². The van der Waals surface area contributed by atoms with Crippen LogP contribution in [-0.4, -0.2) is 32.5 Å². The Morgan fingerprint density at radius 1 is 1.53 bits per heavy atom. The Morgan fingerprint density at radius 3 is 2.33 bits per heavy atom. The molecule has 0 aliphatic carbocycles. The summed E-state index contributed by atoms with van der Waals surface area (Å²) in [5.41, 5.74) is -1.58. The van der Waals surface area contributed by atoms with E-state index < -0.39 is 27.5 Å². The molecule has 0 aromatic heterocycles. The van der Waals surface area contributed by atoms with Crippen molar-refractivity contribution in [3.8, 4) is 0 Å². The van der Waals surface area contributed by atoms with Gasteiger partial charge in [0.15, 0.2) is 5.44 Å². The van der Waals surface area contributed by atoms with Crippen molar-refractivity contribution in [1.29, 1.82) is 0 Å². The van der Waals surface area contributed by atoms with Crippen LogP contribution in [0.1, 0.15) is 13.8 Å². The van der Waals surface area contributed by atoms with Crippen molar-refractivity contribution in [3.63, 3.8) is 0 Å². The molecule has 0 saturated carbocycles. The van der Waals surface area contributed by atoms with Gasteiger partial charge in [-0.05, 0) is 13.8 Å². The lowest BCUT2D eigenvalue weighted by Gasteiger charge is -2.15. The van der Waals surface area contributed by atoms with Crippen LogP contribution in [0.5, 0.6) is 0 Å². The number of rotatable bonds is 4. The van der Waals surface area contributed by atoms with Crippen LogP contribution in [0.25, 0.3) is 0 Å². The van der Waals surface area contributed by atoms with E-state index in [1.54, 1.807) is 0 Å². The average molecular weight is 248 g/mol. The van der Waals surface area contributed by atoms with Gasteiger partial charge in [-0.1, -0.05) is 0 Å². The molecular formula is C6H9F3NO4S-. The molecule has 5 nitrogen and oxygen atoms in total. The van der Waals surface area contributed by atoms with Gasteiger partial charge >= 0.3 is 6.18 Å². The van der Waals surface area contributed by atoms with Crippen LogP contribution in [0.15, 0.2) is 4.40 Å². The summed E-state index contributed by atoms with van der Waals surface area (Å²) in [5.74, 6) is -2.66. The minimum atomic E-state index is -5.29. The van der Waals surface area contributed by atoms with Crippen LogP contribution >= 0.6 is 0 Å². The fraction of sp³-hybridized carbons (Fsp3) is 0.833. The van der Waals surface area contributed by atoms with Gasteiger partial charge in [0.1, 0.15) is 0 Å². The third-order valence-corrected chi connectivity index (χ3v) is 2.67. The molecule has 0 heterocycles. The highest BCUT2D eigenvalue weighted by Gasteiger charge is 2.31.